The summed E-state index contributed by atoms with van der Waals surface area (Å²) in [5.41, 5.74) is 0.321. The maximum absolute atomic E-state index is 12.2. The van der Waals surface area contributed by atoms with E-state index in [0.29, 0.717) is 5.56 Å². The highest BCUT2D eigenvalue weighted by molar-refractivity contribution is 7.89. The third kappa shape index (κ3) is 3.94. The Labute approximate surface area is 124 Å². The van der Waals surface area contributed by atoms with Crippen molar-refractivity contribution in [3.05, 3.63) is 28.3 Å². The number of nitrogens with one attached hydrogen (secondary N) is 1. The Bertz CT molecular complexity index is 639. The van der Waals surface area contributed by atoms with Crippen molar-refractivity contribution in [3.8, 4) is 0 Å². The van der Waals surface area contributed by atoms with E-state index in [1.165, 1.54) is 12.1 Å². The SMILES string of the molecule is CCC(C)(C)NC(=O)c1cc(C)c(Cl)c(S(N)(=O)=O)c1. The molecule has 0 atom stereocenters. The number of nitrogens with two attached hydrogens (primary N) is 1. The van der Waals surface area contributed by atoms with Crippen LogP contribution in [0, 0.1) is 6.92 Å². The molecule has 0 fully saturated rings. The number of amides is 1. The van der Waals surface area contributed by atoms with Crippen molar-refractivity contribution in [2.75, 3.05) is 0 Å². The van der Waals surface area contributed by atoms with Gasteiger partial charge in [0.05, 0.1) is 5.02 Å². The molecule has 1 aromatic rings. The zero-order valence-electron chi connectivity index (χ0n) is 12.0. The maximum atomic E-state index is 12.2. The second-order valence-electron chi connectivity index (χ2n) is 5.34. The molecular formula is C13H19ClN2O3S. The van der Waals surface area contributed by atoms with E-state index < -0.39 is 10.0 Å². The van der Waals surface area contributed by atoms with E-state index in [0.717, 1.165) is 6.42 Å². The molecule has 0 saturated heterocycles. The van der Waals surface area contributed by atoms with Crippen LogP contribution >= 0.6 is 11.6 Å². The number of sulfonamides is 1. The zero-order valence-corrected chi connectivity index (χ0v) is 13.5. The first kappa shape index (κ1) is 16.9. The molecule has 1 amide bonds. The summed E-state index contributed by atoms with van der Waals surface area (Å²) in [6.45, 7) is 7.34. The number of benzene rings is 1. The molecule has 0 aliphatic rings. The van der Waals surface area contributed by atoms with E-state index >= 15 is 0 Å². The molecule has 1 rings (SSSR count). The number of hydrogen-bond donors (Lipinski definition) is 2. The molecule has 0 saturated carbocycles. The normalized spacial score (nSPS) is 12.3. The predicted molar refractivity (Wildman–Crippen MR) is 79.4 cm³/mol. The quantitative estimate of drug-likeness (QED) is 0.892. The summed E-state index contributed by atoms with van der Waals surface area (Å²) in [4.78, 5) is 11.9. The molecule has 0 bridgehead atoms. The van der Waals surface area contributed by atoms with E-state index in [4.69, 9.17) is 16.7 Å². The van der Waals surface area contributed by atoms with Crippen LogP contribution in [0.25, 0.3) is 0 Å². The summed E-state index contributed by atoms with van der Waals surface area (Å²) >= 11 is 5.92. The van der Waals surface area contributed by atoms with Crippen LogP contribution in [0.5, 0.6) is 0 Å². The van der Waals surface area contributed by atoms with Crippen molar-refractivity contribution in [1.82, 2.24) is 5.32 Å². The van der Waals surface area contributed by atoms with Crippen molar-refractivity contribution in [2.24, 2.45) is 5.14 Å². The average molecular weight is 319 g/mol. The number of carbonyl (C=O) groups excluding carboxylic acids is 1. The van der Waals surface area contributed by atoms with Gasteiger partial charge in [0, 0.05) is 11.1 Å². The van der Waals surface area contributed by atoms with Gasteiger partial charge in [-0.25, -0.2) is 13.6 Å². The molecule has 1 aromatic carbocycles. The molecule has 0 aliphatic carbocycles. The van der Waals surface area contributed by atoms with E-state index in [-0.39, 0.29) is 26.9 Å². The summed E-state index contributed by atoms with van der Waals surface area (Å²) in [7, 11) is -3.97. The fourth-order valence-electron chi connectivity index (χ4n) is 1.54. The van der Waals surface area contributed by atoms with Gasteiger partial charge in [0.2, 0.25) is 10.0 Å². The summed E-state index contributed by atoms with van der Waals surface area (Å²) in [6, 6.07) is 2.74. The summed E-state index contributed by atoms with van der Waals surface area (Å²) in [6.07, 6.45) is 0.743. The van der Waals surface area contributed by atoms with E-state index in [1.54, 1.807) is 6.92 Å². The van der Waals surface area contributed by atoms with Gasteiger partial charge in [-0.15, -0.1) is 0 Å². The Kier molecular flexibility index (Phi) is 4.84. The van der Waals surface area contributed by atoms with Gasteiger partial charge < -0.3 is 5.32 Å². The molecule has 3 N–H and O–H groups in total. The monoisotopic (exact) mass is 318 g/mol. The summed E-state index contributed by atoms with van der Waals surface area (Å²) in [5, 5.41) is 7.98. The van der Waals surface area contributed by atoms with E-state index in [1.807, 2.05) is 20.8 Å². The number of halogens is 1. The first-order chi connectivity index (χ1) is 8.98. The Morgan fingerprint density at radius 1 is 1.40 bits per heavy atom. The van der Waals surface area contributed by atoms with E-state index in [2.05, 4.69) is 5.32 Å². The molecule has 0 spiro atoms. The van der Waals surface area contributed by atoms with Crippen LogP contribution in [-0.2, 0) is 10.0 Å². The lowest BCUT2D eigenvalue weighted by Gasteiger charge is -2.24. The Morgan fingerprint density at radius 3 is 2.40 bits per heavy atom. The fraction of sp³-hybridized carbons (Fsp3) is 0.462. The van der Waals surface area contributed by atoms with Gasteiger partial charge >= 0.3 is 0 Å². The topological polar surface area (TPSA) is 89.3 Å². The van der Waals surface area contributed by atoms with Crippen molar-refractivity contribution in [2.45, 2.75) is 44.6 Å². The Balaban J connectivity index is 3.28. The second-order valence-corrected chi connectivity index (χ2v) is 7.25. The summed E-state index contributed by atoms with van der Waals surface area (Å²) in [5.74, 6) is -0.360. The lowest BCUT2D eigenvalue weighted by Crippen LogP contribution is -2.42. The largest absolute Gasteiger partial charge is 0.347 e. The average Bonchev–Trinajstić information content (AvgIpc) is 2.30. The van der Waals surface area contributed by atoms with Crippen LogP contribution in [0.2, 0.25) is 5.02 Å². The standard InChI is InChI=1S/C13H19ClN2O3S/c1-5-13(3,4)16-12(17)9-6-8(2)11(14)10(7-9)20(15,18)19/h6-7H,5H2,1-4H3,(H,16,17)(H2,15,18,19). The number of primary sulfonamides is 1. The lowest BCUT2D eigenvalue weighted by atomic mass is 10.0. The van der Waals surface area contributed by atoms with E-state index in [9.17, 15) is 13.2 Å². The third-order valence-electron chi connectivity index (χ3n) is 3.13. The van der Waals surface area contributed by atoms with Gasteiger partial charge in [0.1, 0.15) is 4.90 Å². The molecule has 5 nitrogen and oxygen atoms in total. The number of carbonyl (C=O) groups is 1. The molecular weight excluding hydrogens is 300 g/mol. The maximum Gasteiger partial charge on any atom is 0.251 e. The highest BCUT2D eigenvalue weighted by Gasteiger charge is 2.22. The number of aryl methyl sites for hydroxylation is 1. The van der Waals surface area contributed by atoms with Gasteiger partial charge in [-0.3, -0.25) is 4.79 Å². The van der Waals surface area contributed by atoms with Crippen molar-refractivity contribution in [3.63, 3.8) is 0 Å². The Morgan fingerprint density at radius 2 is 1.95 bits per heavy atom. The minimum atomic E-state index is -3.97. The molecule has 0 unspecified atom stereocenters. The van der Waals surface area contributed by atoms with Gasteiger partial charge in [0.15, 0.2) is 0 Å². The minimum absolute atomic E-state index is 0.0406. The Hall–Kier alpha value is -1.11. The van der Waals surface area contributed by atoms with Crippen molar-refractivity contribution < 1.29 is 13.2 Å². The second kappa shape index (κ2) is 5.71. The van der Waals surface area contributed by atoms with Crippen LogP contribution in [0.1, 0.15) is 43.1 Å². The molecule has 7 heteroatoms. The third-order valence-corrected chi connectivity index (χ3v) is 4.67. The highest BCUT2D eigenvalue weighted by Crippen LogP contribution is 2.26. The molecule has 112 valence electrons. The molecule has 0 aromatic heterocycles. The highest BCUT2D eigenvalue weighted by atomic mass is 35.5. The van der Waals surface area contributed by atoms with Crippen LogP contribution in [-0.4, -0.2) is 19.9 Å². The first-order valence-corrected chi connectivity index (χ1v) is 8.06. The molecule has 0 aliphatic heterocycles. The predicted octanol–water partition coefficient (Wildman–Crippen LogP) is 2.21. The van der Waals surface area contributed by atoms with Crippen LogP contribution in [0.4, 0.5) is 0 Å². The van der Waals surface area contributed by atoms with Crippen molar-refractivity contribution in [1.29, 1.82) is 0 Å². The van der Waals surface area contributed by atoms with Gasteiger partial charge in [-0.2, -0.15) is 0 Å². The molecule has 0 radical (unpaired) electrons. The van der Waals surface area contributed by atoms with Gasteiger partial charge in [-0.1, -0.05) is 18.5 Å². The smallest absolute Gasteiger partial charge is 0.251 e. The van der Waals surface area contributed by atoms with Crippen molar-refractivity contribution >= 4 is 27.5 Å². The molecule has 0 heterocycles. The summed E-state index contributed by atoms with van der Waals surface area (Å²) < 4.78 is 23.0. The number of rotatable bonds is 4. The first-order valence-electron chi connectivity index (χ1n) is 6.13. The van der Waals surface area contributed by atoms with Crippen LogP contribution in [0.3, 0.4) is 0 Å². The minimum Gasteiger partial charge on any atom is -0.347 e. The fourth-order valence-corrected chi connectivity index (χ4v) is 2.68. The van der Waals surface area contributed by atoms with Crippen LogP contribution < -0.4 is 10.5 Å². The lowest BCUT2D eigenvalue weighted by molar-refractivity contribution is 0.0911. The van der Waals surface area contributed by atoms with Gasteiger partial charge in [-0.05, 0) is 44.9 Å². The number of hydrogen-bond acceptors (Lipinski definition) is 3. The zero-order chi connectivity index (χ0) is 15.7. The molecule has 20 heavy (non-hydrogen) atoms. The van der Waals surface area contributed by atoms with Crippen LogP contribution in [0.15, 0.2) is 17.0 Å². The van der Waals surface area contributed by atoms with Gasteiger partial charge in [0.25, 0.3) is 5.91 Å².